The Morgan fingerprint density at radius 2 is 1.53 bits per heavy atom. The summed E-state index contributed by atoms with van der Waals surface area (Å²) in [6, 6.07) is 16.0. The van der Waals surface area contributed by atoms with Gasteiger partial charge in [0.05, 0.1) is 19.2 Å². The number of fused-ring (bicyclic) bond motifs is 1. The average Bonchev–Trinajstić information content (AvgIpc) is 2.87. The van der Waals surface area contributed by atoms with Crippen molar-refractivity contribution in [1.29, 1.82) is 0 Å². The van der Waals surface area contributed by atoms with Gasteiger partial charge in [-0.25, -0.2) is 0 Å². The molecule has 0 aliphatic heterocycles. The number of ether oxygens (including phenoxy) is 3. The van der Waals surface area contributed by atoms with E-state index in [0.29, 0.717) is 25.5 Å². The van der Waals surface area contributed by atoms with Crippen LogP contribution in [0.1, 0.15) is 70.8 Å². The number of aryl methyl sites for hydroxylation is 1. The molecule has 0 unspecified atom stereocenters. The molecule has 0 aliphatic rings. The first-order chi connectivity index (χ1) is 16.7. The molecule has 0 N–H and O–H groups in total. The normalized spacial score (nSPS) is 11.0. The van der Waals surface area contributed by atoms with Gasteiger partial charge in [0.2, 0.25) is 5.75 Å². The highest BCUT2D eigenvalue weighted by molar-refractivity contribution is 5.89. The number of methoxy groups -OCH3 is 1. The molecule has 0 saturated heterocycles. The molecular formula is C29H39NO4. The van der Waals surface area contributed by atoms with Gasteiger partial charge in [-0.3, -0.25) is 4.79 Å². The summed E-state index contributed by atoms with van der Waals surface area (Å²) in [5.74, 6) is 1.55. The Kier molecular flexibility index (Phi) is 10.3. The van der Waals surface area contributed by atoms with E-state index in [-0.39, 0.29) is 11.3 Å². The van der Waals surface area contributed by atoms with Crippen molar-refractivity contribution in [2.45, 2.75) is 78.4 Å². The number of nitrogens with zero attached hydrogens (tertiary/aromatic N) is 1. The zero-order chi connectivity index (χ0) is 24.2. The Balaban J connectivity index is 1.93. The molecule has 1 aromatic heterocycles. The summed E-state index contributed by atoms with van der Waals surface area (Å²) in [6.45, 7) is 6.02. The number of hydrogen-bond acceptors (Lipinski definition) is 4. The summed E-state index contributed by atoms with van der Waals surface area (Å²) < 4.78 is 19.5. The highest BCUT2D eigenvalue weighted by atomic mass is 16.5. The first-order valence-corrected chi connectivity index (χ1v) is 12.7. The third kappa shape index (κ3) is 6.78. The summed E-state index contributed by atoms with van der Waals surface area (Å²) in [7, 11) is 1.54. The zero-order valence-corrected chi connectivity index (χ0v) is 21.0. The molecule has 0 radical (unpaired) electrons. The van der Waals surface area contributed by atoms with Crippen molar-refractivity contribution in [1.82, 2.24) is 4.57 Å². The third-order valence-electron chi connectivity index (χ3n) is 6.08. The average molecular weight is 466 g/mol. The smallest absolute Gasteiger partial charge is 0.297 e. The van der Waals surface area contributed by atoms with Crippen LogP contribution in [0.4, 0.5) is 0 Å². The molecule has 34 heavy (non-hydrogen) atoms. The molecule has 0 atom stereocenters. The maximum atomic E-state index is 13.4. The predicted molar refractivity (Wildman–Crippen MR) is 139 cm³/mol. The third-order valence-corrected chi connectivity index (χ3v) is 6.08. The number of unbranched alkanes of at least 4 members (excludes halogenated alkanes) is 6. The number of aromatic nitrogens is 1. The summed E-state index contributed by atoms with van der Waals surface area (Å²) >= 11 is 0. The van der Waals surface area contributed by atoms with Gasteiger partial charge in [0.15, 0.2) is 5.75 Å². The van der Waals surface area contributed by atoms with E-state index in [1.807, 2.05) is 53.1 Å². The van der Waals surface area contributed by atoms with E-state index in [0.717, 1.165) is 47.9 Å². The molecule has 0 fully saturated rings. The quantitative estimate of drug-likeness (QED) is 0.224. The van der Waals surface area contributed by atoms with Crippen LogP contribution in [0.3, 0.4) is 0 Å². The van der Waals surface area contributed by atoms with Crippen LogP contribution in [0.5, 0.6) is 17.2 Å². The van der Waals surface area contributed by atoms with Crippen molar-refractivity contribution in [2.75, 3.05) is 13.7 Å². The largest absolute Gasteiger partial charge is 0.489 e. The second-order valence-corrected chi connectivity index (χ2v) is 8.74. The van der Waals surface area contributed by atoms with Gasteiger partial charge in [0, 0.05) is 18.0 Å². The van der Waals surface area contributed by atoms with Crippen molar-refractivity contribution in [3.05, 3.63) is 64.4 Å². The Morgan fingerprint density at radius 3 is 2.26 bits per heavy atom. The first-order valence-electron chi connectivity index (χ1n) is 12.7. The van der Waals surface area contributed by atoms with Crippen molar-refractivity contribution in [3.8, 4) is 17.2 Å². The fourth-order valence-electron chi connectivity index (χ4n) is 4.12. The maximum absolute atomic E-state index is 13.4. The Hall–Kier alpha value is -2.95. The number of benzene rings is 2. The van der Waals surface area contributed by atoms with Gasteiger partial charge in [0.1, 0.15) is 12.4 Å². The molecule has 5 nitrogen and oxygen atoms in total. The van der Waals surface area contributed by atoms with Crippen LogP contribution in [0.2, 0.25) is 0 Å². The van der Waals surface area contributed by atoms with Crippen LogP contribution in [0.15, 0.2) is 53.3 Å². The molecule has 0 amide bonds. The lowest BCUT2D eigenvalue weighted by atomic mass is 10.1. The molecule has 3 aromatic rings. The summed E-state index contributed by atoms with van der Waals surface area (Å²) in [6.07, 6.45) is 8.94. The van der Waals surface area contributed by atoms with E-state index in [2.05, 4.69) is 13.8 Å². The van der Waals surface area contributed by atoms with E-state index in [1.165, 1.54) is 25.7 Å². The fraction of sp³-hybridized carbons (Fsp3) is 0.483. The molecule has 184 valence electrons. The molecule has 1 heterocycles. The minimum atomic E-state index is -0.143. The molecule has 0 spiro atoms. The van der Waals surface area contributed by atoms with Gasteiger partial charge < -0.3 is 18.8 Å². The standard InChI is InChI=1S/C29H39NO4/c1-4-6-8-9-10-14-19-30-26-21-24(34-22-23-15-12-11-13-16-23)17-18-25(26)27(33-20-7-5-2)28(32-3)29(30)31/h11-13,15-18,21H,4-10,14,19-20,22H2,1-3H3. The Labute approximate surface area is 203 Å². The fourth-order valence-corrected chi connectivity index (χ4v) is 4.12. The van der Waals surface area contributed by atoms with E-state index < -0.39 is 0 Å². The second-order valence-electron chi connectivity index (χ2n) is 8.74. The van der Waals surface area contributed by atoms with Crippen molar-refractivity contribution in [3.63, 3.8) is 0 Å². The van der Waals surface area contributed by atoms with Crippen LogP contribution in [-0.2, 0) is 13.2 Å². The number of rotatable bonds is 15. The molecule has 0 aliphatic carbocycles. The van der Waals surface area contributed by atoms with Crippen molar-refractivity contribution in [2.24, 2.45) is 0 Å². The summed E-state index contributed by atoms with van der Waals surface area (Å²) in [5, 5.41) is 0.880. The predicted octanol–water partition coefficient (Wildman–Crippen LogP) is 7.13. The van der Waals surface area contributed by atoms with Crippen molar-refractivity contribution >= 4 is 10.9 Å². The Bertz CT molecular complexity index is 1070. The molecular weight excluding hydrogens is 426 g/mol. The van der Waals surface area contributed by atoms with Gasteiger partial charge in [-0.15, -0.1) is 0 Å². The lowest BCUT2D eigenvalue weighted by Crippen LogP contribution is -2.23. The minimum Gasteiger partial charge on any atom is -0.489 e. The summed E-state index contributed by atoms with van der Waals surface area (Å²) in [5.41, 5.74) is 1.79. The molecule has 2 aromatic carbocycles. The zero-order valence-electron chi connectivity index (χ0n) is 21.0. The van der Waals surface area contributed by atoms with Crippen LogP contribution < -0.4 is 19.8 Å². The second kappa shape index (κ2) is 13.7. The van der Waals surface area contributed by atoms with Gasteiger partial charge in [-0.05, 0) is 30.5 Å². The Morgan fingerprint density at radius 1 is 0.794 bits per heavy atom. The summed E-state index contributed by atoms with van der Waals surface area (Å²) in [4.78, 5) is 13.4. The van der Waals surface area contributed by atoms with Gasteiger partial charge in [-0.2, -0.15) is 0 Å². The van der Waals surface area contributed by atoms with Crippen LogP contribution in [0, 0.1) is 0 Å². The maximum Gasteiger partial charge on any atom is 0.297 e. The van der Waals surface area contributed by atoms with Gasteiger partial charge in [0.25, 0.3) is 5.56 Å². The van der Waals surface area contributed by atoms with E-state index in [9.17, 15) is 4.79 Å². The van der Waals surface area contributed by atoms with Crippen molar-refractivity contribution < 1.29 is 14.2 Å². The van der Waals surface area contributed by atoms with E-state index in [4.69, 9.17) is 14.2 Å². The number of pyridine rings is 1. The molecule has 0 bridgehead atoms. The number of hydrogen-bond donors (Lipinski definition) is 0. The molecule has 0 saturated carbocycles. The monoisotopic (exact) mass is 465 g/mol. The highest BCUT2D eigenvalue weighted by Gasteiger charge is 2.19. The van der Waals surface area contributed by atoms with Crippen LogP contribution in [-0.4, -0.2) is 18.3 Å². The van der Waals surface area contributed by atoms with Gasteiger partial charge in [-0.1, -0.05) is 82.7 Å². The lowest BCUT2D eigenvalue weighted by Gasteiger charge is -2.18. The lowest BCUT2D eigenvalue weighted by molar-refractivity contribution is 0.288. The van der Waals surface area contributed by atoms with E-state index >= 15 is 0 Å². The minimum absolute atomic E-state index is 0.143. The van der Waals surface area contributed by atoms with Gasteiger partial charge >= 0.3 is 0 Å². The SMILES string of the molecule is CCCCCCCCn1c(=O)c(OC)c(OCCCC)c2ccc(OCc3ccccc3)cc21. The topological polar surface area (TPSA) is 49.7 Å². The highest BCUT2D eigenvalue weighted by Crippen LogP contribution is 2.35. The first kappa shape index (κ1) is 25.7. The molecule has 3 rings (SSSR count). The van der Waals surface area contributed by atoms with Crippen LogP contribution in [0.25, 0.3) is 10.9 Å². The van der Waals surface area contributed by atoms with E-state index in [1.54, 1.807) is 7.11 Å². The van der Waals surface area contributed by atoms with Crippen LogP contribution >= 0.6 is 0 Å². The molecule has 5 heteroatoms.